The van der Waals surface area contributed by atoms with Crippen LogP contribution in [0.25, 0.3) is 16.7 Å². The molecule has 3 rings (SSSR count). The highest BCUT2D eigenvalue weighted by Crippen LogP contribution is 2.57. The fraction of sp³-hybridized carbons (Fsp3) is 0.400. The molecule has 180 valence electrons. The minimum Gasteiger partial charge on any atom is -0.505 e. The first kappa shape index (κ1) is 24.6. The summed E-state index contributed by atoms with van der Waals surface area (Å²) in [6.45, 7) is 4.13. The van der Waals surface area contributed by atoms with Gasteiger partial charge in [0, 0.05) is 11.1 Å². The van der Waals surface area contributed by atoms with Crippen LogP contribution in [0.5, 0.6) is 5.75 Å². The average Bonchev–Trinajstić information content (AvgIpc) is 3.09. The summed E-state index contributed by atoms with van der Waals surface area (Å²) in [6, 6.07) is 6.43. The van der Waals surface area contributed by atoms with E-state index in [0.29, 0.717) is 4.80 Å². The van der Waals surface area contributed by atoms with Crippen LogP contribution in [-0.2, 0) is 11.3 Å². The van der Waals surface area contributed by atoms with Gasteiger partial charge in [-0.15, -0.1) is 15.0 Å². The zero-order valence-electron chi connectivity index (χ0n) is 17.2. The second-order valence-corrected chi connectivity index (χ2v) is 8.34. The number of alkyl halides is 9. The number of halogens is 9. The predicted molar refractivity (Wildman–Crippen MR) is 99.1 cm³/mol. The third kappa shape index (κ3) is 3.76. The van der Waals surface area contributed by atoms with Gasteiger partial charge in [0.25, 0.3) is 0 Å². The second-order valence-electron chi connectivity index (χ2n) is 8.34. The second kappa shape index (κ2) is 7.26. The molecular weight excluding hydrogens is 469 g/mol. The molecule has 4 nitrogen and oxygen atoms in total. The molecule has 0 bridgehead atoms. The van der Waals surface area contributed by atoms with E-state index in [9.17, 15) is 44.6 Å². The molecule has 0 fully saturated rings. The van der Waals surface area contributed by atoms with Crippen LogP contribution in [0.15, 0.2) is 36.4 Å². The van der Waals surface area contributed by atoms with E-state index in [-0.39, 0.29) is 23.2 Å². The molecule has 0 radical (unpaired) electrons. The highest BCUT2D eigenvalue weighted by Gasteiger charge is 2.82. The first-order chi connectivity index (χ1) is 14.8. The molecule has 13 heteroatoms. The van der Waals surface area contributed by atoms with Crippen molar-refractivity contribution in [3.8, 4) is 11.4 Å². The Morgan fingerprint density at radius 2 is 1.24 bits per heavy atom. The number of hydrogen-bond acceptors (Lipinski definition) is 3. The van der Waals surface area contributed by atoms with E-state index in [1.54, 1.807) is 12.1 Å². The van der Waals surface area contributed by atoms with Gasteiger partial charge in [0.15, 0.2) is 0 Å². The molecular formula is C20H16F9N3O. The maximum Gasteiger partial charge on any atom is 0.460 e. The van der Waals surface area contributed by atoms with Crippen molar-refractivity contribution in [2.24, 2.45) is 0 Å². The van der Waals surface area contributed by atoms with Crippen molar-refractivity contribution < 1.29 is 44.6 Å². The third-order valence-electron chi connectivity index (χ3n) is 4.91. The van der Waals surface area contributed by atoms with E-state index < -0.39 is 51.9 Å². The molecule has 3 aromatic rings. The van der Waals surface area contributed by atoms with E-state index in [2.05, 4.69) is 10.2 Å². The number of nitrogens with zero attached hydrogens (tertiary/aromatic N) is 3. The van der Waals surface area contributed by atoms with Crippen molar-refractivity contribution in [3.05, 3.63) is 47.5 Å². The summed E-state index contributed by atoms with van der Waals surface area (Å²) in [6.07, 6.45) is -6.95. The molecule has 0 atom stereocenters. The molecule has 1 aromatic heterocycles. The normalized spacial score (nSPS) is 14.2. The Labute approximate surface area is 180 Å². The lowest BCUT2D eigenvalue weighted by atomic mass is 9.83. The van der Waals surface area contributed by atoms with Gasteiger partial charge in [0.1, 0.15) is 22.5 Å². The minimum atomic E-state index is -7.05. The molecule has 0 saturated heterocycles. The van der Waals surface area contributed by atoms with Gasteiger partial charge >= 0.3 is 23.9 Å². The van der Waals surface area contributed by atoms with Crippen LogP contribution < -0.4 is 0 Å². The van der Waals surface area contributed by atoms with Crippen molar-refractivity contribution in [1.82, 2.24) is 15.0 Å². The summed E-state index contributed by atoms with van der Waals surface area (Å²) in [5, 5.41) is 18.5. The summed E-state index contributed by atoms with van der Waals surface area (Å²) < 4.78 is 122. The lowest BCUT2D eigenvalue weighted by Gasteiger charge is -2.34. The van der Waals surface area contributed by atoms with Gasteiger partial charge in [-0.25, -0.2) is 0 Å². The number of hydrogen-bond donors (Lipinski definition) is 1. The molecule has 0 aliphatic rings. The Balaban J connectivity index is 2.31. The minimum absolute atomic E-state index is 0.157. The van der Waals surface area contributed by atoms with E-state index in [4.69, 9.17) is 0 Å². The fourth-order valence-electron chi connectivity index (χ4n) is 3.05. The maximum absolute atomic E-state index is 14.7. The molecule has 0 unspecified atom stereocenters. The lowest BCUT2D eigenvalue weighted by Crippen LogP contribution is -2.59. The number of fused-ring (bicyclic) bond motifs is 1. The number of phenols is 1. The van der Waals surface area contributed by atoms with Crippen LogP contribution in [0, 0.1) is 0 Å². The Morgan fingerprint density at radius 1 is 0.758 bits per heavy atom. The number of rotatable bonds is 4. The molecule has 0 spiro atoms. The average molecular weight is 485 g/mol. The van der Waals surface area contributed by atoms with E-state index in [1.165, 1.54) is 32.9 Å². The number of aromatic hydroxyl groups is 1. The van der Waals surface area contributed by atoms with Crippen LogP contribution >= 0.6 is 0 Å². The summed E-state index contributed by atoms with van der Waals surface area (Å²) >= 11 is 0. The smallest absolute Gasteiger partial charge is 0.460 e. The quantitative estimate of drug-likeness (QED) is 0.439. The Morgan fingerprint density at radius 3 is 1.67 bits per heavy atom. The Hall–Kier alpha value is -2.99. The molecule has 0 saturated carbocycles. The SMILES string of the molecule is CC(C)(C)c1cc(C(F)(F)C(F)(F)C(F)(F)C(F)(F)F)cc(-n2nc3ccccc3n2)c1O. The van der Waals surface area contributed by atoms with Gasteiger partial charge in [-0.2, -0.15) is 39.5 Å². The monoisotopic (exact) mass is 485 g/mol. The van der Waals surface area contributed by atoms with Gasteiger partial charge in [-0.1, -0.05) is 32.9 Å². The zero-order chi connectivity index (χ0) is 25.2. The highest BCUT2D eigenvalue weighted by molar-refractivity contribution is 5.73. The van der Waals surface area contributed by atoms with Crippen molar-refractivity contribution in [2.45, 2.75) is 50.1 Å². The van der Waals surface area contributed by atoms with Crippen LogP contribution in [0.4, 0.5) is 39.5 Å². The van der Waals surface area contributed by atoms with Gasteiger partial charge in [-0.3, -0.25) is 0 Å². The number of benzene rings is 2. The van der Waals surface area contributed by atoms with Crippen LogP contribution in [0.1, 0.15) is 31.9 Å². The van der Waals surface area contributed by atoms with Gasteiger partial charge in [-0.05, 0) is 29.7 Å². The molecule has 1 heterocycles. The lowest BCUT2D eigenvalue weighted by molar-refractivity contribution is -0.399. The van der Waals surface area contributed by atoms with Crippen LogP contribution in [0.3, 0.4) is 0 Å². The van der Waals surface area contributed by atoms with Gasteiger partial charge in [0.05, 0.1) is 0 Å². The van der Waals surface area contributed by atoms with Crippen molar-refractivity contribution in [2.75, 3.05) is 0 Å². The molecule has 0 aliphatic heterocycles. The van der Waals surface area contributed by atoms with E-state index >= 15 is 0 Å². The number of phenolic OH excluding ortho intramolecular Hbond substituents is 1. The third-order valence-corrected chi connectivity index (χ3v) is 4.91. The Kier molecular flexibility index (Phi) is 5.42. The summed E-state index contributed by atoms with van der Waals surface area (Å²) in [7, 11) is 0. The summed E-state index contributed by atoms with van der Waals surface area (Å²) in [5.41, 5.74) is -3.82. The molecule has 0 amide bonds. The van der Waals surface area contributed by atoms with E-state index in [1.807, 2.05) is 0 Å². The summed E-state index contributed by atoms with van der Waals surface area (Å²) in [5.74, 6) is -20.7. The van der Waals surface area contributed by atoms with Crippen molar-refractivity contribution in [1.29, 1.82) is 0 Å². The molecule has 2 aromatic carbocycles. The van der Waals surface area contributed by atoms with Crippen molar-refractivity contribution >= 4 is 11.0 Å². The maximum atomic E-state index is 14.7. The first-order valence-electron chi connectivity index (χ1n) is 9.23. The molecule has 33 heavy (non-hydrogen) atoms. The topological polar surface area (TPSA) is 50.9 Å². The largest absolute Gasteiger partial charge is 0.505 e. The Bertz CT molecular complexity index is 1160. The van der Waals surface area contributed by atoms with Crippen LogP contribution in [0.2, 0.25) is 0 Å². The molecule has 0 aliphatic carbocycles. The zero-order valence-corrected chi connectivity index (χ0v) is 17.2. The highest BCUT2D eigenvalue weighted by atomic mass is 19.4. The van der Waals surface area contributed by atoms with Gasteiger partial charge < -0.3 is 5.11 Å². The molecule has 1 N–H and O–H groups in total. The fourth-order valence-corrected chi connectivity index (χ4v) is 3.05. The van der Waals surface area contributed by atoms with Crippen molar-refractivity contribution in [3.63, 3.8) is 0 Å². The van der Waals surface area contributed by atoms with E-state index in [0.717, 1.165) is 0 Å². The predicted octanol–water partition coefficient (Wildman–Crippen LogP) is 6.35. The first-order valence-corrected chi connectivity index (χ1v) is 9.23. The standard InChI is InChI=1S/C20H16F9N3O/c1-16(2,3)11-8-10(17(21,22)18(23,24)19(25,26)20(27,28)29)9-14(15(11)33)32-30-12-6-4-5-7-13(12)31-32/h4-9,33H,1-3H3. The van der Waals surface area contributed by atoms with Gasteiger partial charge in [0.2, 0.25) is 0 Å². The number of aromatic nitrogens is 3. The van der Waals surface area contributed by atoms with Crippen LogP contribution in [-0.4, -0.2) is 38.1 Å². The summed E-state index contributed by atoms with van der Waals surface area (Å²) in [4.78, 5) is 0.606.